The molecule has 1 saturated heterocycles. The van der Waals surface area contributed by atoms with Gasteiger partial charge in [-0.05, 0) is 37.5 Å². The molecule has 22 heavy (non-hydrogen) atoms. The monoisotopic (exact) mass is 299 g/mol. The summed E-state index contributed by atoms with van der Waals surface area (Å²) in [5.41, 5.74) is 0.405. The quantitative estimate of drug-likeness (QED) is 0.894. The molecular weight excluding hydrogens is 282 g/mol. The number of anilines is 2. The molecule has 1 amide bonds. The van der Waals surface area contributed by atoms with Crippen molar-refractivity contribution < 1.29 is 4.79 Å². The minimum atomic E-state index is -0.385. The Morgan fingerprint density at radius 1 is 1.14 bits per heavy atom. The summed E-state index contributed by atoms with van der Waals surface area (Å²) in [5.74, 6) is 0.545. The Bertz CT molecular complexity index is 684. The standard InChI is InChI=1S/C15H17N5O2/c21-14-7-5-12(18-19-14)15(22)17-11-4-6-13(16-10-11)20-8-2-1-3-9-20/h4-7,10H,1-3,8-9H2,(H,17,22)(H,19,21). The number of aromatic amines is 1. The molecule has 7 heteroatoms. The smallest absolute Gasteiger partial charge is 0.276 e. The molecule has 3 heterocycles. The van der Waals surface area contributed by atoms with Gasteiger partial charge in [0.2, 0.25) is 0 Å². The second kappa shape index (κ2) is 6.38. The number of piperidine rings is 1. The maximum Gasteiger partial charge on any atom is 0.276 e. The van der Waals surface area contributed by atoms with Gasteiger partial charge >= 0.3 is 0 Å². The molecule has 0 bridgehead atoms. The van der Waals surface area contributed by atoms with Gasteiger partial charge in [-0.3, -0.25) is 9.59 Å². The van der Waals surface area contributed by atoms with Gasteiger partial charge < -0.3 is 10.2 Å². The zero-order valence-electron chi connectivity index (χ0n) is 12.1. The molecule has 3 rings (SSSR count). The first kappa shape index (κ1) is 14.2. The number of hydrogen-bond donors (Lipinski definition) is 2. The van der Waals surface area contributed by atoms with Crippen molar-refractivity contribution in [1.82, 2.24) is 15.2 Å². The molecular formula is C15H17N5O2. The highest BCUT2D eigenvalue weighted by Crippen LogP contribution is 2.19. The van der Waals surface area contributed by atoms with Crippen molar-refractivity contribution >= 4 is 17.4 Å². The van der Waals surface area contributed by atoms with Gasteiger partial charge in [0.1, 0.15) is 11.5 Å². The van der Waals surface area contributed by atoms with E-state index in [9.17, 15) is 9.59 Å². The van der Waals surface area contributed by atoms with Crippen molar-refractivity contribution in [1.29, 1.82) is 0 Å². The van der Waals surface area contributed by atoms with Crippen LogP contribution in [0.3, 0.4) is 0 Å². The van der Waals surface area contributed by atoms with Crippen molar-refractivity contribution in [2.45, 2.75) is 19.3 Å². The van der Waals surface area contributed by atoms with Gasteiger partial charge in [-0.2, -0.15) is 5.10 Å². The number of pyridine rings is 1. The van der Waals surface area contributed by atoms with Crippen LogP contribution < -0.4 is 15.8 Å². The van der Waals surface area contributed by atoms with Crippen molar-refractivity contribution in [3.8, 4) is 0 Å². The average molecular weight is 299 g/mol. The van der Waals surface area contributed by atoms with E-state index in [2.05, 4.69) is 25.4 Å². The second-order valence-corrected chi connectivity index (χ2v) is 5.21. The molecule has 1 aliphatic heterocycles. The number of H-pyrrole nitrogens is 1. The summed E-state index contributed by atoms with van der Waals surface area (Å²) in [6.07, 6.45) is 5.29. The third-order valence-corrected chi connectivity index (χ3v) is 3.60. The van der Waals surface area contributed by atoms with Gasteiger partial charge in [0.25, 0.3) is 11.5 Å². The number of hydrogen-bond acceptors (Lipinski definition) is 5. The van der Waals surface area contributed by atoms with E-state index in [1.165, 1.54) is 31.4 Å². The first-order valence-electron chi connectivity index (χ1n) is 7.30. The van der Waals surface area contributed by atoms with Crippen LogP contribution in [0.2, 0.25) is 0 Å². The van der Waals surface area contributed by atoms with Crippen molar-refractivity contribution in [2.75, 3.05) is 23.3 Å². The third-order valence-electron chi connectivity index (χ3n) is 3.60. The summed E-state index contributed by atoms with van der Waals surface area (Å²) < 4.78 is 0. The summed E-state index contributed by atoms with van der Waals surface area (Å²) in [5, 5.41) is 8.62. The van der Waals surface area contributed by atoms with Crippen LogP contribution in [0.15, 0.2) is 35.3 Å². The Hall–Kier alpha value is -2.70. The number of carbonyl (C=O) groups is 1. The van der Waals surface area contributed by atoms with Crippen LogP contribution >= 0.6 is 0 Å². The summed E-state index contributed by atoms with van der Waals surface area (Å²) in [7, 11) is 0. The maximum atomic E-state index is 12.0. The zero-order chi connectivity index (χ0) is 15.4. The summed E-state index contributed by atoms with van der Waals surface area (Å²) >= 11 is 0. The lowest BCUT2D eigenvalue weighted by Gasteiger charge is -2.27. The summed E-state index contributed by atoms with van der Waals surface area (Å²) in [6.45, 7) is 2.06. The molecule has 0 saturated carbocycles. The molecule has 2 aromatic rings. The molecule has 114 valence electrons. The molecule has 0 spiro atoms. The van der Waals surface area contributed by atoms with Crippen LogP contribution in [0.25, 0.3) is 0 Å². The van der Waals surface area contributed by atoms with Gasteiger partial charge in [-0.25, -0.2) is 10.1 Å². The second-order valence-electron chi connectivity index (χ2n) is 5.21. The Morgan fingerprint density at radius 3 is 2.59 bits per heavy atom. The Labute approximate surface area is 127 Å². The largest absolute Gasteiger partial charge is 0.357 e. The highest BCUT2D eigenvalue weighted by atomic mass is 16.2. The number of nitrogens with one attached hydrogen (secondary N) is 2. The topological polar surface area (TPSA) is 91.0 Å². The number of nitrogens with zero attached hydrogens (tertiary/aromatic N) is 3. The van der Waals surface area contributed by atoms with Gasteiger partial charge in [-0.1, -0.05) is 0 Å². The van der Waals surface area contributed by atoms with Crippen LogP contribution in [-0.4, -0.2) is 34.2 Å². The molecule has 0 aromatic carbocycles. The van der Waals surface area contributed by atoms with E-state index in [0.29, 0.717) is 5.69 Å². The average Bonchev–Trinajstić information content (AvgIpc) is 2.57. The van der Waals surface area contributed by atoms with E-state index < -0.39 is 0 Å². The van der Waals surface area contributed by atoms with E-state index in [1.54, 1.807) is 6.20 Å². The number of amides is 1. The predicted octanol–water partition coefficient (Wildman–Crippen LogP) is 1.41. The first-order chi connectivity index (χ1) is 10.7. The fraction of sp³-hybridized carbons (Fsp3) is 0.333. The first-order valence-corrected chi connectivity index (χ1v) is 7.30. The fourth-order valence-electron chi connectivity index (χ4n) is 2.44. The van der Waals surface area contributed by atoms with E-state index in [-0.39, 0.29) is 17.2 Å². The lowest BCUT2D eigenvalue weighted by molar-refractivity contribution is 0.102. The third kappa shape index (κ3) is 3.30. The fourth-order valence-corrected chi connectivity index (χ4v) is 2.44. The molecule has 1 aliphatic rings. The summed E-state index contributed by atoms with van der Waals surface area (Å²) in [6, 6.07) is 6.37. The normalized spacial score (nSPS) is 14.6. The molecule has 0 aliphatic carbocycles. The minimum Gasteiger partial charge on any atom is -0.357 e. The van der Waals surface area contributed by atoms with Crippen molar-refractivity contribution in [3.63, 3.8) is 0 Å². The van der Waals surface area contributed by atoms with Gasteiger partial charge in [-0.15, -0.1) is 0 Å². The molecule has 2 aromatic heterocycles. The van der Waals surface area contributed by atoms with Crippen LogP contribution in [0.1, 0.15) is 29.8 Å². The van der Waals surface area contributed by atoms with E-state index in [1.807, 2.05) is 12.1 Å². The summed E-state index contributed by atoms with van der Waals surface area (Å²) in [4.78, 5) is 29.5. The van der Waals surface area contributed by atoms with Crippen LogP contribution in [0.4, 0.5) is 11.5 Å². The molecule has 0 unspecified atom stereocenters. The van der Waals surface area contributed by atoms with E-state index in [0.717, 1.165) is 18.9 Å². The van der Waals surface area contributed by atoms with E-state index in [4.69, 9.17) is 0 Å². The van der Waals surface area contributed by atoms with Crippen LogP contribution in [-0.2, 0) is 0 Å². The number of rotatable bonds is 3. The molecule has 1 fully saturated rings. The highest BCUT2D eigenvalue weighted by molar-refractivity contribution is 6.02. The Kier molecular flexibility index (Phi) is 4.13. The lowest BCUT2D eigenvalue weighted by Crippen LogP contribution is -2.30. The van der Waals surface area contributed by atoms with E-state index >= 15 is 0 Å². The molecule has 0 atom stereocenters. The van der Waals surface area contributed by atoms with Crippen molar-refractivity contribution in [2.24, 2.45) is 0 Å². The Balaban J connectivity index is 1.66. The van der Waals surface area contributed by atoms with Gasteiger partial charge in [0, 0.05) is 19.2 Å². The van der Waals surface area contributed by atoms with Crippen molar-refractivity contribution in [3.05, 3.63) is 46.5 Å². The van der Waals surface area contributed by atoms with Gasteiger partial charge in [0.15, 0.2) is 0 Å². The zero-order valence-corrected chi connectivity index (χ0v) is 12.1. The lowest BCUT2D eigenvalue weighted by atomic mass is 10.1. The molecule has 7 nitrogen and oxygen atoms in total. The minimum absolute atomic E-state index is 0.153. The number of carbonyl (C=O) groups excluding carboxylic acids is 1. The van der Waals surface area contributed by atoms with Crippen LogP contribution in [0.5, 0.6) is 0 Å². The maximum absolute atomic E-state index is 12.0. The van der Waals surface area contributed by atoms with Crippen LogP contribution in [0, 0.1) is 0 Å². The van der Waals surface area contributed by atoms with Gasteiger partial charge in [0.05, 0.1) is 11.9 Å². The Morgan fingerprint density at radius 2 is 1.95 bits per heavy atom. The predicted molar refractivity (Wildman–Crippen MR) is 83.1 cm³/mol. The highest BCUT2D eigenvalue weighted by Gasteiger charge is 2.12. The number of aromatic nitrogens is 3. The molecule has 0 radical (unpaired) electrons. The molecule has 2 N–H and O–H groups in total. The SMILES string of the molecule is O=C(Nc1ccc(N2CCCCC2)nc1)c1ccc(=O)[nH]n1.